The first kappa shape index (κ1) is 18.8. The number of nitrogens with one attached hydrogen (secondary N) is 3. The Bertz CT molecular complexity index is 869. The number of hydrogen-bond acceptors (Lipinski definition) is 3. The number of ketones is 1. The maximum atomic E-state index is 14.1. The number of aromatic amines is 1. The summed E-state index contributed by atoms with van der Waals surface area (Å²) in [5, 5.41) is 5.27. The Balaban J connectivity index is 1.69. The van der Waals surface area contributed by atoms with E-state index in [4.69, 9.17) is 0 Å². The lowest BCUT2D eigenvalue weighted by Gasteiger charge is -2.21. The number of H-pyrrole nitrogens is 1. The lowest BCUT2D eigenvalue weighted by atomic mass is 9.88. The lowest BCUT2D eigenvalue weighted by molar-refractivity contribution is -0.120. The van der Waals surface area contributed by atoms with Crippen molar-refractivity contribution in [3.8, 4) is 0 Å². The Kier molecular flexibility index (Phi) is 5.69. The van der Waals surface area contributed by atoms with Gasteiger partial charge in [-0.25, -0.2) is 4.39 Å². The first-order chi connectivity index (χ1) is 12.9. The van der Waals surface area contributed by atoms with Crippen molar-refractivity contribution < 1.29 is 18.8 Å². The van der Waals surface area contributed by atoms with Crippen molar-refractivity contribution in [1.29, 1.82) is 0 Å². The van der Waals surface area contributed by atoms with Crippen LogP contribution in [-0.4, -0.2) is 22.6 Å². The van der Waals surface area contributed by atoms with Crippen molar-refractivity contribution in [3.63, 3.8) is 0 Å². The molecule has 2 amide bonds. The average Bonchev–Trinajstić information content (AvgIpc) is 3.16. The monoisotopic (exact) mass is 371 g/mol. The van der Waals surface area contributed by atoms with E-state index in [1.54, 1.807) is 0 Å². The largest absolute Gasteiger partial charge is 0.356 e. The third-order valence-electron chi connectivity index (χ3n) is 4.79. The first-order valence-corrected chi connectivity index (χ1v) is 9.05. The van der Waals surface area contributed by atoms with Crippen molar-refractivity contribution in [2.75, 3.05) is 10.6 Å². The predicted molar refractivity (Wildman–Crippen MR) is 100 cm³/mol. The quantitative estimate of drug-likeness (QED) is 0.690. The summed E-state index contributed by atoms with van der Waals surface area (Å²) in [7, 11) is 0. The number of aromatic nitrogens is 1. The molecule has 27 heavy (non-hydrogen) atoms. The summed E-state index contributed by atoms with van der Waals surface area (Å²) in [6.07, 6.45) is 6.23. The Morgan fingerprint density at radius 1 is 1.07 bits per heavy atom. The third-order valence-corrected chi connectivity index (χ3v) is 4.79. The Labute approximate surface area is 156 Å². The van der Waals surface area contributed by atoms with Crippen molar-refractivity contribution >= 4 is 29.0 Å². The van der Waals surface area contributed by atoms with Crippen molar-refractivity contribution in [3.05, 3.63) is 47.5 Å². The maximum absolute atomic E-state index is 14.1. The Hall–Kier alpha value is -2.96. The molecular formula is C20H22FN3O3. The number of halogens is 1. The number of anilines is 2. The molecule has 0 atom stereocenters. The lowest BCUT2D eigenvalue weighted by Crippen LogP contribution is -2.25. The summed E-state index contributed by atoms with van der Waals surface area (Å²) in [5.74, 6) is -1.46. The summed E-state index contributed by atoms with van der Waals surface area (Å²) >= 11 is 0. The number of Topliss-reactive ketones (excluding diaryl/α,β-unsaturated/α-hetero) is 1. The summed E-state index contributed by atoms with van der Waals surface area (Å²) in [6.45, 7) is 1.41. The van der Waals surface area contributed by atoms with Crippen LogP contribution in [0.1, 0.15) is 59.9 Å². The summed E-state index contributed by atoms with van der Waals surface area (Å²) < 4.78 is 14.1. The van der Waals surface area contributed by atoms with Gasteiger partial charge in [0.05, 0.1) is 5.69 Å². The minimum absolute atomic E-state index is 0.0410. The van der Waals surface area contributed by atoms with E-state index >= 15 is 0 Å². The fourth-order valence-corrected chi connectivity index (χ4v) is 3.23. The van der Waals surface area contributed by atoms with Crippen molar-refractivity contribution in [2.24, 2.45) is 5.92 Å². The van der Waals surface area contributed by atoms with Crippen molar-refractivity contribution in [2.45, 2.75) is 39.0 Å². The van der Waals surface area contributed by atoms with Gasteiger partial charge in [-0.1, -0.05) is 19.3 Å². The zero-order chi connectivity index (χ0) is 19.4. The minimum atomic E-state index is -0.559. The van der Waals surface area contributed by atoms with Gasteiger partial charge in [0.1, 0.15) is 11.5 Å². The van der Waals surface area contributed by atoms with Crippen LogP contribution < -0.4 is 10.6 Å². The molecule has 7 heteroatoms. The SMILES string of the molecule is CC(=O)c1c[nH]c(C(=O)Nc2ccc(F)c(NC(=O)C3CCCCC3)c2)c1. The van der Waals surface area contributed by atoms with E-state index in [2.05, 4.69) is 15.6 Å². The van der Waals surface area contributed by atoms with Gasteiger partial charge in [0.2, 0.25) is 5.91 Å². The molecule has 1 aliphatic carbocycles. The number of hydrogen-bond donors (Lipinski definition) is 3. The first-order valence-electron chi connectivity index (χ1n) is 9.05. The highest BCUT2D eigenvalue weighted by atomic mass is 19.1. The smallest absolute Gasteiger partial charge is 0.272 e. The van der Waals surface area contributed by atoms with E-state index in [1.807, 2.05) is 0 Å². The molecule has 0 bridgehead atoms. The van der Waals surface area contributed by atoms with E-state index < -0.39 is 11.7 Å². The molecule has 6 nitrogen and oxygen atoms in total. The van der Waals surface area contributed by atoms with Gasteiger partial charge in [0.25, 0.3) is 5.91 Å². The second-order valence-corrected chi connectivity index (χ2v) is 6.83. The number of amides is 2. The fraction of sp³-hybridized carbons (Fsp3) is 0.350. The highest BCUT2D eigenvalue weighted by Crippen LogP contribution is 2.26. The molecule has 142 valence electrons. The second kappa shape index (κ2) is 8.16. The summed E-state index contributed by atoms with van der Waals surface area (Å²) in [6, 6.07) is 5.45. The number of carbonyl (C=O) groups is 3. The van der Waals surface area contributed by atoms with Crippen LogP contribution in [0.15, 0.2) is 30.5 Å². The topological polar surface area (TPSA) is 91.1 Å². The average molecular weight is 371 g/mol. The van der Waals surface area contributed by atoms with Crippen LogP contribution in [0.3, 0.4) is 0 Å². The molecule has 0 radical (unpaired) electrons. The number of carbonyl (C=O) groups excluding carboxylic acids is 3. The summed E-state index contributed by atoms with van der Waals surface area (Å²) in [4.78, 5) is 38.7. The van der Waals surface area contributed by atoms with Crippen LogP contribution in [0.4, 0.5) is 15.8 Å². The molecule has 1 aromatic heterocycles. The van der Waals surface area contributed by atoms with E-state index in [9.17, 15) is 18.8 Å². The molecule has 0 saturated heterocycles. The molecule has 1 heterocycles. The molecule has 3 rings (SSSR count). The minimum Gasteiger partial charge on any atom is -0.356 e. The van der Waals surface area contributed by atoms with Crippen LogP contribution in [0, 0.1) is 11.7 Å². The van der Waals surface area contributed by atoms with Crippen LogP contribution >= 0.6 is 0 Å². The van der Waals surface area contributed by atoms with E-state index in [0.717, 1.165) is 32.1 Å². The van der Waals surface area contributed by atoms with Crippen LogP contribution in [0.5, 0.6) is 0 Å². The molecule has 0 aliphatic heterocycles. The predicted octanol–water partition coefficient (Wildman–Crippen LogP) is 4.13. The Morgan fingerprint density at radius 3 is 2.48 bits per heavy atom. The number of rotatable bonds is 5. The zero-order valence-corrected chi connectivity index (χ0v) is 15.1. The van der Waals surface area contributed by atoms with E-state index in [1.165, 1.54) is 37.4 Å². The number of benzene rings is 1. The molecule has 2 aromatic rings. The molecular weight excluding hydrogens is 349 g/mol. The zero-order valence-electron chi connectivity index (χ0n) is 15.1. The maximum Gasteiger partial charge on any atom is 0.272 e. The molecule has 0 spiro atoms. The van der Waals surface area contributed by atoms with Crippen molar-refractivity contribution in [1.82, 2.24) is 4.98 Å². The van der Waals surface area contributed by atoms with E-state index in [0.29, 0.717) is 11.3 Å². The van der Waals surface area contributed by atoms with Crippen LogP contribution in [0.2, 0.25) is 0 Å². The van der Waals surface area contributed by atoms with Gasteiger partial charge in [-0.3, -0.25) is 14.4 Å². The fourth-order valence-electron chi connectivity index (χ4n) is 3.23. The molecule has 3 N–H and O–H groups in total. The third kappa shape index (κ3) is 4.61. The molecule has 1 saturated carbocycles. The van der Waals surface area contributed by atoms with Crippen LogP contribution in [0.25, 0.3) is 0 Å². The highest BCUT2D eigenvalue weighted by Gasteiger charge is 2.22. The van der Waals surface area contributed by atoms with Gasteiger partial charge in [0.15, 0.2) is 5.78 Å². The highest BCUT2D eigenvalue weighted by molar-refractivity contribution is 6.05. The van der Waals surface area contributed by atoms with Gasteiger partial charge < -0.3 is 15.6 Å². The normalized spacial score (nSPS) is 14.6. The van der Waals surface area contributed by atoms with Gasteiger partial charge in [-0.05, 0) is 44.0 Å². The second-order valence-electron chi connectivity index (χ2n) is 6.83. The Morgan fingerprint density at radius 2 is 1.81 bits per heavy atom. The molecule has 1 fully saturated rings. The van der Waals surface area contributed by atoms with Gasteiger partial charge in [-0.2, -0.15) is 0 Å². The van der Waals surface area contributed by atoms with Gasteiger partial charge in [0, 0.05) is 23.4 Å². The van der Waals surface area contributed by atoms with Gasteiger partial charge >= 0.3 is 0 Å². The molecule has 1 aliphatic rings. The van der Waals surface area contributed by atoms with Gasteiger partial charge in [-0.15, -0.1) is 0 Å². The standard InChI is InChI=1S/C20H22FN3O3/c1-12(25)14-9-18(22-11-14)20(27)23-15-7-8-16(21)17(10-15)24-19(26)13-5-3-2-4-6-13/h7-11,13,22H,2-6H2,1H3,(H,23,27)(H,24,26). The molecule has 1 aromatic carbocycles. The summed E-state index contributed by atoms with van der Waals surface area (Å²) in [5.41, 5.74) is 1.01. The van der Waals surface area contributed by atoms with Crippen LogP contribution in [-0.2, 0) is 4.79 Å². The molecule has 0 unspecified atom stereocenters. The van der Waals surface area contributed by atoms with E-state index in [-0.39, 0.29) is 29.0 Å².